The van der Waals surface area contributed by atoms with Crippen LogP contribution in [0.4, 0.5) is 0 Å². The fourth-order valence-electron chi connectivity index (χ4n) is 1.39. The van der Waals surface area contributed by atoms with Crippen LogP contribution in [0.1, 0.15) is 11.3 Å². The molecule has 0 aliphatic rings. The fourth-order valence-corrected chi connectivity index (χ4v) is 2.85. The van der Waals surface area contributed by atoms with Crippen molar-refractivity contribution < 1.29 is 4.74 Å². The maximum Gasteiger partial charge on any atom is 0.130 e. The van der Waals surface area contributed by atoms with Gasteiger partial charge in [-0.25, -0.2) is 0 Å². The maximum absolute atomic E-state index is 5.71. The summed E-state index contributed by atoms with van der Waals surface area (Å²) in [5.41, 5.74) is 2.07. The minimum absolute atomic E-state index is 0.469. The summed E-state index contributed by atoms with van der Waals surface area (Å²) in [6.45, 7) is 0.469. The number of rotatable bonds is 4. The van der Waals surface area contributed by atoms with Crippen LogP contribution in [-0.2, 0) is 11.9 Å². The van der Waals surface area contributed by atoms with Crippen molar-refractivity contribution in [3.8, 4) is 5.75 Å². The second kappa shape index (κ2) is 6.68. The molecule has 0 amide bonds. The van der Waals surface area contributed by atoms with E-state index in [1.165, 1.54) is 0 Å². The third-order valence-electron chi connectivity index (χ3n) is 2.34. The van der Waals surface area contributed by atoms with E-state index in [2.05, 4.69) is 52.8 Å². The predicted octanol–water partition coefficient (Wildman–Crippen LogP) is 5.08. The third kappa shape index (κ3) is 3.80. The van der Waals surface area contributed by atoms with Gasteiger partial charge in [0.1, 0.15) is 12.4 Å². The first-order chi connectivity index (χ1) is 8.69. The van der Waals surface area contributed by atoms with Gasteiger partial charge in [-0.15, -0.1) is 0 Å². The van der Waals surface area contributed by atoms with Crippen LogP contribution < -0.4 is 4.74 Å². The van der Waals surface area contributed by atoms with E-state index in [-0.39, 0.29) is 0 Å². The van der Waals surface area contributed by atoms with Gasteiger partial charge in [-0.3, -0.25) is 4.98 Å². The Morgan fingerprint density at radius 2 is 1.94 bits per heavy atom. The van der Waals surface area contributed by atoms with Crippen LogP contribution in [0, 0.1) is 0 Å². The lowest BCUT2D eigenvalue weighted by molar-refractivity contribution is 0.301. The Labute approximate surface area is 131 Å². The Bertz CT molecular complexity index is 528. The zero-order valence-electron chi connectivity index (χ0n) is 9.37. The number of benzene rings is 1. The topological polar surface area (TPSA) is 22.1 Å². The molecule has 0 aliphatic carbocycles. The lowest BCUT2D eigenvalue weighted by Crippen LogP contribution is -1.98. The molecule has 0 atom stereocenters. The molecule has 1 heterocycles. The van der Waals surface area contributed by atoms with E-state index < -0.39 is 0 Å². The van der Waals surface area contributed by atoms with Gasteiger partial charge < -0.3 is 4.74 Å². The van der Waals surface area contributed by atoms with E-state index in [4.69, 9.17) is 4.74 Å². The Morgan fingerprint density at radius 1 is 1.11 bits per heavy atom. The predicted molar refractivity (Wildman–Crippen MR) is 83.0 cm³/mol. The van der Waals surface area contributed by atoms with E-state index in [9.17, 15) is 0 Å². The number of ether oxygens (including phenoxy) is 1. The quantitative estimate of drug-likeness (QED) is 0.625. The van der Waals surface area contributed by atoms with Crippen LogP contribution in [0.2, 0.25) is 0 Å². The molecular weight excluding hydrogens is 426 g/mol. The Hall–Kier alpha value is -0.390. The highest BCUT2D eigenvalue weighted by atomic mass is 79.9. The smallest absolute Gasteiger partial charge is 0.130 e. The fraction of sp³-hybridized carbons (Fsp3) is 0.154. The molecule has 2 aromatic rings. The van der Waals surface area contributed by atoms with Crippen molar-refractivity contribution in [1.29, 1.82) is 0 Å². The van der Waals surface area contributed by atoms with Crippen molar-refractivity contribution in [3.63, 3.8) is 0 Å². The minimum atomic E-state index is 0.469. The van der Waals surface area contributed by atoms with Gasteiger partial charge in [0.05, 0.1) is 5.69 Å². The highest BCUT2D eigenvalue weighted by Crippen LogP contribution is 2.25. The number of hydrogen-bond acceptors (Lipinski definition) is 2. The van der Waals surface area contributed by atoms with Gasteiger partial charge in [-0.05, 0) is 51.8 Å². The molecule has 0 saturated carbocycles. The normalized spacial score (nSPS) is 10.4. The Balaban J connectivity index is 2.04. The second-order valence-corrected chi connectivity index (χ2v) is 5.97. The summed E-state index contributed by atoms with van der Waals surface area (Å²) in [7, 11) is 0. The largest absolute Gasteiger partial charge is 0.487 e. The summed E-state index contributed by atoms with van der Waals surface area (Å²) in [5, 5.41) is 0.793. The molecule has 2 nitrogen and oxygen atoms in total. The molecule has 2 rings (SSSR count). The summed E-state index contributed by atoms with van der Waals surface area (Å²) in [6.07, 6.45) is 1.77. The molecule has 1 aromatic carbocycles. The standard InChI is InChI=1S/C13H10Br3NO/c14-6-9-5-12(3-4-13(9)16)18-8-11-2-1-10(15)7-17-11/h1-5,7H,6,8H2. The summed E-state index contributed by atoms with van der Waals surface area (Å²) >= 11 is 10.3. The van der Waals surface area contributed by atoms with E-state index >= 15 is 0 Å². The van der Waals surface area contributed by atoms with Gasteiger partial charge in [0.25, 0.3) is 0 Å². The summed E-state index contributed by atoms with van der Waals surface area (Å²) < 4.78 is 7.76. The highest BCUT2D eigenvalue weighted by Gasteiger charge is 2.02. The molecule has 0 unspecified atom stereocenters. The van der Waals surface area contributed by atoms with E-state index in [1.807, 2.05) is 30.3 Å². The third-order valence-corrected chi connectivity index (χ3v) is 4.18. The summed E-state index contributed by atoms with van der Waals surface area (Å²) in [6, 6.07) is 9.83. The zero-order chi connectivity index (χ0) is 13.0. The first-order valence-corrected chi connectivity index (χ1v) is 7.97. The van der Waals surface area contributed by atoms with Gasteiger partial charge >= 0.3 is 0 Å². The molecule has 0 saturated heterocycles. The van der Waals surface area contributed by atoms with Crippen LogP contribution in [0.5, 0.6) is 5.75 Å². The molecule has 5 heteroatoms. The summed E-state index contributed by atoms with van der Waals surface area (Å²) in [5.74, 6) is 0.845. The molecule has 18 heavy (non-hydrogen) atoms. The monoisotopic (exact) mass is 433 g/mol. The molecule has 0 fully saturated rings. The van der Waals surface area contributed by atoms with Crippen LogP contribution in [0.25, 0.3) is 0 Å². The van der Waals surface area contributed by atoms with Gasteiger partial charge in [0.2, 0.25) is 0 Å². The Kier molecular flexibility index (Phi) is 5.21. The SMILES string of the molecule is BrCc1cc(OCc2ccc(Br)cn2)ccc1Br. The first-order valence-electron chi connectivity index (χ1n) is 5.26. The van der Waals surface area contributed by atoms with E-state index in [0.29, 0.717) is 6.61 Å². The van der Waals surface area contributed by atoms with Crippen LogP contribution >= 0.6 is 47.8 Å². The van der Waals surface area contributed by atoms with Crippen molar-refractivity contribution in [2.45, 2.75) is 11.9 Å². The zero-order valence-corrected chi connectivity index (χ0v) is 14.1. The van der Waals surface area contributed by atoms with Crippen LogP contribution in [0.3, 0.4) is 0 Å². The number of hydrogen-bond donors (Lipinski definition) is 0. The molecule has 0 N–H and O–H groups in total. The van der Waals surface area contributed by atoms with E-state index in [1.54, 1.807) is 6.20 Å². The number of pyridine rings is 1. The number of aromatic nitrogens is 1. The highest BCUT2D eigenvalue weighted by molar-refractivity contribution is 9.11. The molecule has 1 aromatic heterocycles. The van der Waals surface area contributed by atoms with Crippen molar-refractivity contribution in [2.75, 3.05) is 0 Å². The van der Waals surface area contributed by atoms with E-state index in [0.717, 1.165) is 31.3 Å². The second-order valence-electron chi connectivity index (χ2n) is 3.64. The van der Waals surface area contributed by atoms with Gasteiger partial charge in [0, 0.05) is 20.5 Å². The molecule has 0 spiro atoms. The Morgan fingerprint density at radius 3 is 2.61 bits per heavy atom. The maximum atomic E-state index is 5.71. The lowest BCUT2D eigenvalue weighted by atomic mass is 10.2. The molecule has 94 valence electrons. The molecule has 0 radical (unpaired) electrons. The molecule has 0 bridgehead atoms. The number of alkyl halides is 1. The molecular formula is C13H10Br3NO. The van der Waals surface area contributed by atoms with Crippen LogP contribution in [-0.4, -0.2) is 4.98 Å². The van der Waals surface area contributed by atoms with Crippen molar-refractivity contribution in [3.05, 3.63) is 56.7 Å². The van der Waals surface area contributed by atoms with Crippen molar-refractivity contribution in [2.24, 2.45) is 0 Å². The summed E-state index contributed by atoms with van der Waals surface area (Å²) in [4.78, 5) is 4.26. The number of nitrogens with zero attached hydrogens (tertiary/aromatic N) is 1. The van der Waals surface area contributed by atoms with Gasteiger partial charge in [0.15, 0.2) is 0 Å². The molecule has 0 aliphatic heterocycles. The van der Waals surface area contributed by atoms with Gasteiger partial charge in [-0.1, -0.05) is 31.9 Å². The van der Waals surface area contributed by atoms with Gasteiger partial charge in [-0.2, -0.15) is 0 Å². The van der Waals surface area contributed by atoms with Crippen molar-refractivity contribution in [1.82, 2.24) is 4.98 Å². The average molecular weight is 436 g/mol. The van der Waals surface area contributed by atoms with Crippen LogP contribution in [0.15, 0.2) is 45.5 Å². The lowest BCUT2D eigenvalue weighted by Gasteiger charge is -2.08. The minimum Gasteiger partial charge on any atom is -0.487 e. The first kappa shape index (κ1) is 14.0. The number of halogens is 3. The van der Waals surface area contributed by atoms with Crippen molar-refractivity contribution >= 4 is 47.8 Å². The average Bonchev–Trinajstić information content (AvgIpc) is 2.39.